The van der Waals surface area contributed by atoms with Gasteiger partial charge in [0.15, 0.2) is 0 Å². The van der Waals surface area contributed by atoms with Gasteiger partial charge in [0.05, 0.1) is 12.8 Å². The minimum Gasteiger partial charge on any atom is -0.383 e. The molecule has 6 nitrogen and oxygen atoms in total. The van der Waals surface area contributed by atoms with Crippen LogP contribution in [0, 0.1) is 0 Å². The van der Waals surface area contributed by atoms with Crippen LogP contribution in [-0.2, 0) is 9.53 Å². The van der Waals surface area contributed by atoms with E-state index in [1.807, 2.05) is 0 Å². The van der Waals surface area contributed by atoms with Gasteiger partial charge in [0.1, 0.15) is 5.82 Å². The third-order valence-corrected chi connectivity index (χ3v) is 1.85. The van der Waals surface area contributed by atoms with Gasteiger partial charge in [-0.05, 0) is 0 Å². The lowest BCUT2D eigenvalue weighted by Crippen LogP contribution is -2.28. The number of hydrogen-bond acceptors (Lipinski definition) is 5. The molecular formula is C10H16N4O2. The fraction of sp³-hybridized carbons (Fsp3) is 0.500. The molecule has 2 N–H and O–H groups in total. The van der Waals surface area contributed by atoms with Crippen molar-refractivity contribution in [3.8, 4) is 0 Å². The van der Waals surface area contributed by atoms with E-state index in [4.69, 9.17) is 4.74 Å². The predicted molar refractivity (Wildman–Crippen MR) is 60.0 cm³/mol. The van der Waals surface area contributed by atoms with Gasteiger partial charge in [0.2, 0.25) is 5.91 Å². The normalized spacial score (nSPS) is 9.81. The first-order valence-corrected chi connectivity index (χ1v) is 5.08. The molecular weight excluding hydrogens is 208 g/mol. The predicted octanol–water partition coefficient (Wildman–Crippen LogP) is 0.0412. The van der Waals surface area contributed by atoms with Crippen LogP contribution in [0.1, 0.15) is 6.42 Å². The Morgan fingerprint density at radius 3 is 3.00 bits per heavy atom. The number of hydrogen-bond donors (Lipinski definition) is 2. The molecule has 1 aromatic heterocycles. The summed E-state index contributed by atoms with van der Waals surface area (Å²) in [4.78, 5) is 19.2. The van der Waals surface area contributed by atoms with Crippen LogP contribution in [0.4, 0.5) is 5.82 Å². The lowest BCUT2D eigenvalue weighted by Gasteiger charge is -2.05. The number of amides is 1. The Balaban J connectivity index is 2.09. The van der Waals surface area contributed by atoms with Crippen LogP contribution in [-0.4, -0.2) is 42.7 Å². The average Bonchev–Trinajstić information content (AvgIpc) is 2.31. The summed E-state index contributed by atoms with van der Waals surface area (Å²) in [5, 5.41) is 5.73. The molecule has 0 atom stereocenters. The van der Waals surface area contributed by atoms with Crippen LogP contribution in [0.15, 0.2) is 18.6 Å². The molecule has 0 aromatic carbocycles. The van der Waals surface area contributed by atoms with Crippen molar-refractivity contribution < 1.29 is 9.53 Å². The van der Waals surface area contributed by atoms with Crippen molar-refractivity contribution in [1.29, 1.82) is 0 Å². The number of methoxy groups -OCH3 is 1. The van der Waals surface area contributed by atoms with Gasteiger partial charge in [-0.1, -0.05) is 0 Å². The van der Waals surface area contributed by atoms with Crippen molar-refractivity contribution in [3.05, 3.63) is 18.6 Å². The highest BCUT2D eigenvalue weighted by Gasteiger charge is 2.00. The Bertz CT molecular complexity index is 305. The van der Waals surface area contributed by atoms with Gasteiger partial charge in [-0.15, -0.1) is 0 Å². The zero-order valence-corrected chi connectivity index (χ0v) is 9.27. The molecule has 0 aliphatic heterocycles. The summed E-state index contributed by atoms with van der Waals surface area (Å²) in [6, 6.07) is 0. The molecule has 0 aliphatic rings. The largest absolute Gasteiger partial charge is 0.383 e. The summed E-state index contributed by atoms with van der Waals surface area (Å²) < 4.78 is 4.82. The fourth-order valence-electron chi connectivity index (χ4n) is 1.08. The SMILES string of the molecule is COCCNC(=O)CCNc1cnccn1. The first-order valence-electron chi connectivity index (χ1n) is 5.08. The number of nitrogens with zero attached hydrogens (tertiary/aromatic N) is 2. The fourth-order valence-corrected chi connectivity index (χ4v) is 1.08. The highest BCUT2D eigenvalue weighted by atomic mass is 16.5. The van der Waals surface area contributed by atoms with Gasteiger partial charge in [0, 0.05) is 39.0 Å². The van der Waals surface area contributed by atoms with Crippen LogP contribution in [0.25, 0.3) is 0 Å². The van der Waals surface area contributed by atoms with Crippen molar-refractivity contribution in [3.63, 3.8) is 0 Å². The minimum atomic E-state index is -0.00607. The van der Waals surface area contributed by atoms with Crippen LogP contribution >= 0.6 is 0 Å². The maximum atomic E-state index is 11.3. The maximum Gasteiger partial charge on any atom is 0.221 e. The van der Waals surface area contributed by atoms with Crippen molar-refractivity contribution in [2.45, 2.75) is 6.42 Å². The third-order valence-electron chi connectivity index (χ3n) is 1.85. The molecule has 1 heterocycles. The van der Waals surface area contributed by atoms with E-state index in [0.29, 0.717) is 31.9 Å². The summed E-state index contributed by atoms with van der Waals surface area (Å²) in [5.41, 5.74) is 0. The number of anilines is 1. The van der Waals surface area contributed by atoms with Crippen LogP contribution in [0.2, 0.25) is 0 Å². The first kappa shape index (κ1) is 12.4. The Kier molecular flexibility index (Phi) is 5.87. The van der Waals surface area contributed by atoms with Gasteiger partial charge in [0.25, 0.3) is 0 Å². The quantitative estimate of drug-likeness (QED) is 0.640. The summed E-state index contributed by atoms with van der Waals surface area (Å²) >= 11 is 0. The molecule has 1 amide bonds. The van der Waals surface area contributed by atoms with Gasteiger partial charge in [-0.3, -0.25) is 9.78 Å². The zero-order chi connectivity index (χ0) is 11.6. The van der Waals surface area contributed by atoms with Crippen molar-refractivity contribution in [1.82, 2.24) is 15.3 Å². The van der Waals surface area contributed by atoms with E-state index in [2.05, 4.69) is 20.6 Å². The molecule has 0 spiro atoms. The third kappa shape index (κ3) is 5.26. The number of carbonyl (C=O) groups excluding carboxylic acids is 1. The van der Waals surface area contributed by atoms with Crippen LogP contribution in [0.5, 0.6) is 0 Å². The van der Waals surface area contributed by atoms with Crippen LogP contribution < -0.4 is 10.6 Å². The molecule has 0 fully saturated rings. The summed E-state index contributed by atoms with van der Waals surface area (Å²) in [7, 11) is 1.60. The second kappa shape index (κ2) is 7.58. The lowest BCUT2D eigenvalue weighted by atomic mass is 10.4. The number of nitrogens with one attached hydrogen (secondary N) is 2. The standard InChI is InChI=1S/C10H16N4O2/c1-16-7-6-14-10(15)2-3-12-9-8-11-4-5-13-9/h4-5,8H,2-3,6-7H2,1H3,(H,12,13)(H,14,15). The van der Waals surface area contributed by atoms with Gasteiger partial charge in [-0.2, -0.15) is 0 Å². The van der Waals surface area contributed by atoms with E-state index in [1.54, 1.807) is 25.7 Å². The maximum absolute atomic E-state index is 11.3. The molecule has 0 saturated carbocycles. The Hall–Kier alpha value is -1.69. The second-order valence-corrected chi connectivity index (χ2v) is 3.11. The molecule has 1 rings (SSSR count). The monoisotopic (exact) mass is 224 g/mol. The van der Waals surface area contributed by atoms with Gasteiger partial charge in [-0.25, -0.2) is 4.98 Å². The molecule has 16 heavy (non-hydrogen) atoms. The van der Waals surface area contributed by atoms with E-state index >= 15 is 0 Å². The molecule has 0 unspecified atom stereocenters. The summed E-state index contributed by atoms with van der Waals surface area (Å²) in [5.74, 6) is 0.667. The molecule has 0 bridgehead atoms. The van der Waals surface area contributed by atoms with E-state index in [1.165, 1.54) is 0 Å². The van der Waals surface area contributed by atoms with E-state index < -0.39 is 0 Å². The molecule has 1 aromatic rings. The summed E-state index contributed by atoms with van der Waals surface area (Å²) in [6.45, 7) is 1.61. The Morgan fingerprint density at radius 2 is 2.31 bits per heavy atom. The van der Waals surface area contributed by atoms with Crippen molar-refractivity contribution in [2.75, 3.05) is 32.1 Å². The number of rotatable bonds is 7. The van der Waals surface area contributed by atoms with Gasteiger partial charge >= 0.3 is 0 Å². The van der Waals surface area contributed by atoms with Crippen molar-refractivity contribution >= 4 is 11.7 Å². The van der Waals surface area contributed by atoms with Gasteiger partial charge < -0.3 is 15.4 Å². The minimum absolute atomic E-state index is 0.00607. The highest BCUT2D eigenvalue weighted by molar-refractivity contribution is 5.76. The molecule has 88 valence electrons. The van der Waals surface area contributed by atoms with Crippen molar-refractivity contribution in [2.24, 2.45) is 0 Å². The molecule has 6 heteroatoms. The topological polar surface area (TPSA) is 76.1 Å². The van der Waals surface area contributed by atoms with E-state index in [0.717, 1.165) is 0 Å². The average molecular weight is 224 g/mol. The Morgan fingerprint density at radius 1 is 1.44 bits per heavy atom. The molecule has 0 saturated heterocycles. The number of aromatic nitrogens is 2. The zero-order valence-electron chi connectivity index (χ0n) is 9.27. The molecule has 0 aliphatic carbocycles. The smallest absolute Gasteiger partial charge is 0.221 e. The molecule has 0 radical (unpaired) electrons. The Labute approximate surface area is 94.4 Å². The van der Waals surface area contributed by atoms with E-state index in [9.17, 15) is 4.79 Å². The number of ether oxygens (including phenoxy) is 1. The number of carbonyl (C=O) groups is 1. The summed E-state index contributed by atoms with van der Waals surface area (Å²) in [6.07, 6.45) is 5.22. The van der Waals surface area contributed by atoms with Crippen LogP contribution in [0.3, 0.4) is 0 Å². The second-order valence-electron chi connectivity index (χ2n) is 3.11. The lowest BCUT2D eigenvalue weighted by molar-refractivity contribution is -0.121. The first-order chi connectivity index (χ1) is 7.83. The van der Waals surface area contributed by atoms with E-state index in [-0.39, 0.29) is 5.91 Å². The highest BCUT2D eigenvalue weighted by Crippen LogP contribution is 1.96.